The van der Waals surface area contributed by atoms with Gasteiger partial charge in [-0.1, -0.05) is 27.2 Å². The number of hydrogen-bond donors (Lipinski definition) is 1. The molecule has 1 fully saturated rings. The van der Waals surface area contributed by atoms with Crippen molar-refractivity contribution in [2.24, 2.45) is 5.92 Å². The number of carbonyl (C=O) groups is 3. The van der Waals surface area contributed by atoms with Gasteiger partial charge in [0.05, 0.1) is 6.54 Å². The topological polar surface area (TPSA) is 90.9 Å². The van der Waals surface area contributed by atoms with Gasteiger partial charge in [0.2, 0.25) is 0 Å². The summed E-state index contributed by atoms with van der Waals surface area (Å²) in [6, 6.07) is 0. The molecule has 0 bridgehead atoms. The molecule has 0 radical (unpaired) electrons. The zero-order valence-electron chi connectivity index (χ0n) is 15.1. The molecule has 0 heterocycles. The Morgan fingerprint density at radius 2 is 1.71 bits per heavy atom. The van der Waals surface area contributed by atoms with E-state index in [2.05, 4.69) is 5.32 Å². The molecule has 0 saturated heterocycles. The lowest BCUT2D eigenvalue weighted by molar-refractivity contribution is -0.175. The monoisotopic (exact) mass is 343 g/mol. The van der Waals surface area contributed by atoms with Crippen molar-refractivity contribution in [3.63, 3.8) is 0 Å². The van der Waals surface area contributed by atoms with Crippen LogP contribution in [0, 0.1) is 5.92 Å². The molecule has 0 aromatic carbocycles. The third kappa shape index (κ3) is 6.76. The molecule has 7 nitrogen and oxygen atoms in total. The van der Waals surface area contributed by atoms with Gasteiger partial charge in [-0.3, -0.25) is 9.59 Å². The van der Waals surface area contributed by atoms with Crippen molar-refractivity contribution in [2.45, 2.75) is 78.1 Å². The van der Waals surface area contributed by atoms with Gasteiger partial charge in [0, 0.05) is 19.3 Å². The number of amides is 1. The fraction of sp³-hybridized carbons (Fsp3) is 0.824. The predicted molar refractivity (Wildman–Crippen MR) is 87.1 cm³/mol. The summed E-state index contributed by atoms with van der Waals surface area (Å²) >= 11 is 0. The van der Waals surface area contributed by atoms with Crippen LogP contribution in [0.5, 0.6) is 0 Å². The van der Waals surface area contributed by atoms with Crippen LogP contribution in [-0.4, -0.2) is 36.5 Å². The van der Waals surface area contributed by atoms with Crippen molar-refractivity contribution in [3.05, 3.63) is 0 Å². The first-order valence-electron chi connectivity index (χ1n) is 8.61. The Morgan fingerprint density at radius 1 is 1.08 bits per heavy atom. The van der Waals surface area contributed by atoms with Crippen LogP contribution in [0.2, 0.25) is 0 Å². The maximum absolute atomic E-state index is 12.0. The lowest BCUT2D eigenvalue weighted by Gasteiger charge is -2.36. The number of hydrogen-bond acceptors (Lipinski definition) is 6. The van der Waals surface area contributed by atoms with E-state index < -0.39 is 24.0 Å². The number of esters is 2. The second kappa shape index (κ2) is 9.49. The van der Waals surface area contributed by atoms with Crippen LogP contribution in [0.1, 0.15) is 66.2 Å². The third-order valence-electron chi connectivity index (χ3n) is 3.98. The zero-order valence-corrected chi connectivity index (χ0v) is 15.1. The fourth-order valence-electron chi connectivity index (χ4n) is 2.71. The van der Waals surface area contributed by atoms with Gasteiger partial charge >= 0.3 is 18.0 Å². The van der Waals surface area contributed by atoms with Gasteiger partial charge in [0.1, 0.15) is 5.60 Å². The first-order valence-corrected chi connectivity index (χ1v) is 8.61. The number of carbonyl (C=O) groups excluding carboxylic acids is 3. The molecule has 0 aliphatic heterocycles. The van der Waals surface area contributed by atoms with Crippen LogP contribution >= 0.6 is 0 Å². The minimum atomic E-state index is -0.937. The van der Waals surface area contributed by atoms with Gasteiger partial charge in [-0.05, 0) is 25.7 Å². The highest BCUT2D eigenvalue weighted by Gasteiger charge is 2.36. The Balaban J connectivity index is 2.57. The molecule has 138 valence electrons. The molecule has 1 N–H and O–H groups in total. The molecule has 1 saturated carbocycles. The van der Waals surface area contributed by atoms with E-state index in [1.807, 2.05) is 0 Å². The summed E-state index contributed by atoms with van der Waals surface area (Å²) in [5.74, 6) is -0.947. The van der Waals surface area contributed by atoms with Gasteiger partial charge < -0.3 is 19.5 Å². The van der Waals surface area contributed by atoms with Crippen LogP contribution in [0.25, 0.3) is 0 Å². The minimum Gasteiger partial charge on any atom is -0.457 e. The van der Waals surface area contributed by atoms with E-state index in [0.717, 1.165) is 19.3 Å². The van der Waals surface area contributed by atoms with Gasteiger partial charge in [0.15, 0.2) is 0 Å². The normalized spacial score (nSPS) is 17.7. The minimum absolute atomic E-state index is 0.164. The lowest BCUT2D eigenvalue weighted by Crippen LogP contribution is -2.48. The van der Waals surface area contributed by atoms with Gasteiger partial charge in [-0.15, -0.1) is 0 Å². The predicted octanol–water partition coefficient (Wildman–Crippen LogP) is 2.91. The molecule has 7 heteroatoms. The molecule has 0 aromatic rings. The van der Waals surface area contributed by atoms with Crippen molar-refractivity contribution in [3.8, 4) is 0 Å². The van der Waals surface area contributed by atoms with Crippen molar-refractivity contribution in [1.82, 2.24) is 5.32 Å². The van der Waals surface area contributed by atoms with Crippen LogP contribution in [0.15, 0.2) is 0 Å². The Morgan fingerprint density at radius 3 is 2.21 bits per heavy atom. The highest BCUT2D eigenvalue weighted by atomic mass is 16.7. The fourth-order valence-corrected chi connectivity index (χ4v) is 2.71. The van der Waals surface area contributed by atoms with Gasteiger partial charge in [0.25, 0.3) is 6.29 Å². The number of alkyl carbamates (subject to hydrolysis) is 1. The summed E-state index contributed by atoms with van der Waals surface area (Å²) in [7, 11) is 0. The Labute approximate surface area is 143 Å². The van der Waals surface area contributed by atoms with Crippen LogP contribution in [0.4, 0.5) is 4.79 Å². The quantitative estimate of drug-likeness (QED) is 0.564. The van der Waals surface area contributed by atoms with Crippen LogP contribution in [-0.2, 0) is 23.8 Å². The van der Waals surface area contributed by atoms with Crippen molar-refractivity contribution in [1.29, 1.82) is 0 Å². The van der Waals surface area contributed by atoms with E-state index in [9.17, 15) is 14.4 Å². The highest BCUT2D eigenvalue weighted by molar-refractivity contribution is 5.70. The lowest BCUT2D eigenvalue weighted by atomic mass is 9.84. The van der Waals surface area contributed by atoms with E-state index in [4.69, 9.17) is 14.2 Å². The summed E-state index contributed by atoms with van der Waals surface area (Å²) in [5, 5.41) is 2.65. The average molecular weight is 343 g/mol. The molecule has 0 spiro atoms. The molecule has 0 aromatic heterocycles. The van der Waals surface area contributed by atoms with Gasteiger partial charge in [-0.2, -0.15) is 0 Å². The second-order valence-electron chi connectivity index (χ2n) is 6.55. The molecular weight excluding hydrogens is 314 g/mol. The van der Waals surface area contributed by atoms with Crippen molar-refractivity contribution in [2.75, 3.05) is 6.54 Å². The maximum atomic E-state index is 12.0. The molecule has 1 amide bonds. The molecule has 1 atom stereocenters. The first kappa shape index (κ1) is 20.3. The van der Waals surface area contributed by atoms with E-state index in [0.29, 0.717) is 12.8 Å². The summed E-state index contributed by atoms with van der Waals surface area (Å²) < 4.78 is 15.8. The van der Waals surface area contributed by atoms with Crippen molar-refractivity contribution >= 4 is 18.0 Å². The summed E-state index contributed by atoms with van der Waals surface area (Å²) in [6.07, 6.45) is 3.01. The third-order valence-corrected chi connectivity index (χ3v) is 3.98. The first-order chi connectivity index (χ1) is 11.3. The van der Waals surface area contributed by atoms with E-state index >= 15 is 0 Å². The molecule has 1 rings (SSSR count). The largest absolute Gasteiger partial charge is 0.457 e. The van der Waals surface area contributed by atoms with Crippen molar-refractivity contribution < 1.29 is 28.6 Å². The SMILES string of the molecule is CCC(=O)OC(OC(=O)NCC1(OC(C)=O)CCCCC1)C(C)C. The molecule has 1 aliphatic carbocycles. The summed E-state index contributed by atoms with van der Waals surface area (Å²) in [5.41, 5.74) is -0.670. The number of nitrogens with one attached hydrogen (secondary N) is 1. The summed E-state index contributed by atoms with van der Waals surface area (Å²) in [4.78, 5) is 34.8. The second-order valence-corrected chi connectivity index (χ2v) is 6.55. The van der Waals surface area contributed by atoms with Gasteiger partial charge in [-0.25, -0.2) is 4.79 Å². The average Bonchev–Trinajstić information content (AvgIpc) is 2.52. The Bertz CT molecular complexity index is 442. The van der Waals surface area contributed by atoms with E-state index in [1.54, 1.807) is 20.8 Å². The molecular formula is C17H29NO6. The maximum Gasteiger partial charge on any atom is 0.410 e. The van der Waals surface area contributed by atoms with Crippen LogP contribution < -0.4 is 5.32 Å². The smallest absolute Gasteiger partial charge is 0.410 e. The Kier molecular flexibility index (Phi) is 8.01. The standard InChI is InChI=1S/C17H29NO6/c1-5-14(20)22-15(12(2)3)23-16(21)18-11-17(24-13(4)19)9-7-6-8-10-17/h12,15H,5-11H2,1-4H3,(H,18,21). The highest BCUT2D eigenvalue weighted by Crippen LogP contribution is 2.31. The Hall–Kier alpha value is -1.79. The molecule has 1 unspecified atom stereocenters. The summed E-state index contributed by atoms with van der Waals surface area (Å²) in [6.45, 7) is 6.82. The number of rotatable bonds is 7. The number of ether oxygens (including phenoxy) is 3. The van der Waals surface area contributed by atoms with E-state index in [-0.39, 0.29) is 24.9 Å². The molecule has 1 aliphatic rings. The van der Waals surface area contributed by atoms with Crippen LogP contribution in [0.3, 0.4) is 0 Å². The zero-order chi connectivity index (χ0) is 18.2. The molecule has 24 heavy (non-hydrogen) atoms. The van der Waals surface area contributed by atoms with E-state index in [1.165, 1.54) is 6.92 Å².